The monoisotopic (exact) mass is 203 g/mol. The van der Waals surface area contributed by atoms with Crippen molar-refractivity contribution in [1.29, 1.82) is 0 Å². The summed E-state index contributed by atoms with van der Waals surface area (Å²) >= 11 is 0. The van der Waals surface area contributed by atoms with Crippen molar-refractivity contribution >= 4 is 0 Å². The molecular weight excluding hydrogens is 191 g/mol. The second-order valence-corrected chi connectivity index (χ2v) is 3.00. The summed E-state index contributed by atoms with van der Waals surface area (Å²) in [6, 6.07) is 4.17. The molecule has 78 valence electrons. The second-order valence-electron chi connectivity index (χ2n) is 3.00. The largest absolute Gasteiger partial charge is 0.416 e. The van der Waals surface area contributed by atoms with Gasteiger partial charge in [-0.05, 0) is 23.6 Å². The standard InChI is InChI=1S/C10H12F3N/c1-2-7-4-3-5-9(8(7)6-14)10(11,12)13/h3-5H,2,6,14H2,1H3. The Labute approximate surface area is 80.7 Å². The molecule has 0 radical (unpaired) electrons. The Bertz CT molecular complexity index is 318. The molecule has 0 aliphatic heterocycles. The minimum absolute atomic E-state index is 0.0706. The van der Waals surface area contributed by atoms with Crippen LogP contribution in [0.1, 0.15) is 23.6 Å². The average Bonchev–Trinajstić information content (AvgIpc) is 2.15. The fraction of sp³-hybridized carbons (Fsp3) is 0.400. The zero-order valence-corrected chi connectivity index (χ0v) is 7.86. The van der Waals surface area contributed by atoms with E-state index < -0.39 is 11.7 Å². The molecule has 0 amide bonds. The molecule has 1 aromatic carbocycles. The van der Waals surface area contributed by atoms with E-state index in [2.05, 4.69) is 0 Å². The van der Waals surface area contributed by atoms with Crippen molar-refractivity contribution in [2.75, 3.05) is 0 Å². The molecule has 14 heavy (non-hydrogen) atoms. The zero-order valence-electron chi connectivity index (χ0n) is 7.86. The predicted octanol–water partition coefficient (Wildman–Crippen LogP) is 2.73. The summed E-state index contributed by atoms with van der Waals surface area (Å²) in [5, 5.41) is 0. The van der Waals surface area contributed by atoms with Crippen molar-refractivity contribution in [3.63, 3.8) is 0 Å². The summed E-state index contributed by atoms with van der Waals surface area (Å²) < 4.78 is 37.5. The maximum Gasteiger partial charge on any atom is 0.416 e. The van der Waals surface area contributed by atoms with Crippen LogP contribution in [0.2, 0.25) is 0 Å². The van der Waals surface area contributed by atoms with E-state index in [1.165, 1.54) is 6.07 Å². The van der Waals surface area contributed by atoms with E-state index in [-0.39, 0.29) is 12.1 Å². The van der Waals surface area contributed by atoms with Gasteiger partial charge in [-0.15, -0.1) is 0 Å². The first kappa shape index (κ1) is 11.0. The van der Waals surface area contributed by atoms with Crippen LogP contribution in [-0.4, -0.2) is 0 Å². The summed E-state index contributed by atoms with van der Waals surface area (Å²) in [6.07, 6.45) is -3.74. The van der Waals surface area contributed by atoms with Crippen LogP contribution in [0, 0.1) is 0 Å². The van der Waals surface area contributed by atoms with E-state index >= 15 is 0 Å². The molecule has 0 spiro atoms. The SMILES string of the molecule is CCc1cccc(C(F)(F)F)c1CN. The molecule has 0 saturated heterocycles. The maximum atomic E-state index is 12.5. The normalized spacial score (nSPS) is 11.8. The Hall–Kier alpha value is -1.03. The zero-order chi connectivity index (χ0) is 10.8. The molecule has 0 unspecified atom stereocenters. The topological polar surface area (TPSA) is 26.0 Å². The Morgan fingerprint density at radius 2 is 1.93 bits per heavy atom. The van der Waals surface area contributed by atoms with Crippen LogP contribution in [0.3, 0.4) is 0 Å². The van der Waals surface area contributed by atoms with Gasteiger partial charge in [-0.3, -0.25) is 0 Å². The molecule has 0 aliphatic rings. The summed E-state index contributed by atoms with van der Waals surface area (Å²) in [4.78, 5) is 0. The van der Waals surface area contributed by atoms with Crippen LogP contribution in [0.15, 0.2) is 18.2 Å². The molecule has 0 bridgehead atoms. The van der Waals surface area contributed by atoms with Crippen LogP contribution in [0.4, 0.5) is 13.2 Å². The lowest BCUT2D eigenvalue weighted by Gasteiger charge is -2.14. The summed E-state index contributed by atoms with van der Waals surface area (Å²) in [7, 11) is 0. The third kappa shape index (κ3) is 2.07. The molecule has 1 nitrogen and oxygen atoms in total. The number of nitrogens with two attached hydrogens (primary N) is 1. The van der Waals surface area contributed by atoms with Crippen LogP contribution in [-0.2, 0) is 19.1 Å². The number of rotatable bonds is 2. The van der Waals surface area contributed by atoms with E-state index in [4.69, 9.17) is 5.73 Å². The van der Waals surface area contributed by atoms with Gasteiger partial charge in [-0.25, -0.2) is 0 Å². The Morgan fingerprint density at radius 3 is 2.36 bits per heavy atom. The first-order valence-electron chi connectivity index (χ1n) is 4.38. The lowest BCUT2D eigenvalue weighted by atomic mass is 9.99. The fourth-order valence-electron chi connectivity index (χ4n) is 1.47. The number of benzene rings is 1. The van der Waals surface area contributed by atoms with E-state index in [0.717, 1.165) is 6.07 Å². The molecule has 0 heterocycles. The third-order valence-electron chi connectivity index (χ3n) is 2.16. The van der Waals surface area contributed by atoms with Crippen molar-refractivity contribution < 1.29 is 13.2 Å². The van der Waals surface area contributed by atoms with Crippen molar-refractivity contribution in [2.45, 2.75) is 26.1 Å². The number of halogens is 3. The third-order valence-corrected chi connectivity index (χ3v) is 2.16. The number of aryl methyl sites for hydroxylation is 1. The lowest BCUT2D eigenvalue weighted by molar-refractivity contribution is -0.138. The number of hydrogen-bond donors (Lipinski definition) is 1. The van der Waals surface area contributed by atoms with Crippen molar-refractivity contribution in [2.24, 2.45) is 5.73 Å². The first-order valence-corrected chi connectivity index (χ1v) is 4.38. The van der Waals surface area contributed by atoms with Crippen molar-refractivity contribution in [3.8, 4) is 0 Å². The molecule has 0 fully saturated rings. The molecule has 1 rings (SSSR count). The highest BCUT2D eigenvalue weighted by molar-refractivity contribution is 5.37. The fourth-order valence-corrected chi connectivity index (χ4v) is 1.47. The molecule has 0 aromatic heterocycles. The van der Waals surface area contributed by atoms with Crippen molar-refractivity contribution in [1.82, 2.24) is 0 Å². The summed E-state index contributed by atoms with van der Waals surface area (Å²) in [5.41, 5.74) is 5.59. The summed E-state index contributed by atoms with van der Waals surface area (Å²) in [5.74, 6) is 0. The van der Waals surface area contributed by atoms with Gasteiger partial charge in [0.2, 0.25) is 0 Å². The lowest BCUT2D eigenvalue weighted by Crippen LogP contribution is -2.13. The van der Waals surface area contributed by atoms with Gasteiger partial charge in [-0.2, -0.15) is 13.2 Å². The van der Waals surface area contributed by atoms with Gasteiger partial charge in [0, 0.05) is 6.54 Å². The van der Waals surface area contributed by atoms with Crippen LogP contribution in [0.5, 0.6) is 0 Å². The highest BCUT2D eigenvalue weighted by atomic mass is 19.4. The first-order chi connectivity index (χ1) is 6.50. The number of hydrogen-bond acceptors (Lipinski definition) is 1. The van der Waals surface area contributed by atoms with Crippen LogP contribution < -0.4 is 5.73 Å². The van der Waals surface area contributed by atoms with Crippen molar-refractivity contribution in [3.05, 3.63) is 34.9 Å². The quantitative estimate of drug-likeness (QED) is 0.785. The number of alkyl halides is 3. The maximum absolute atomic E-state index is 12.5. The van der Waals surface area contributed by atoms with Gasteiger partial charge in [0.1, 0.15) is 0 Å². The highest BCUT2D eigenvalue weighted by Crippen LogP contribution is 2.33. The Morgan fingerprint density at radius 1 is 1.29 bits per heavy atom. The minimum atomic E-state index is -4.31. The Balaban J connectivity index is 3.29. The van der Waals surface area contributed by atoms with E-state index in [1.54, 1.807) is 6.07 Å². The summed E-state index contributed by atoms with van der Waals surface area (Å²) in [6.45, 7) is 1.74. The van der Waals surface area contributed by atoms with Gasteiger partial charge < -0.3 is 5.73 Å². The van der Waals surface area contributed by atoms with Gasteiger partial charge >= 0.3 is 6.18 Å². The van der Waals surface area contributed by atoms with Gasteiger partial charge in [0.15, 0.2) is 0 Å². The van der Waals surface area contributed by atoms with E-state index in [0.29, 0.717) is 12.0 Å². The highest BCUT2D eigenvalue weighted by Gasteiger charge is 2.33. The van der Waals surface area contributed by atoms with E-state index in [1.807, 2.05) is 6.92 Å². The molecular formula is C10H12F3N. The molecule has 0 atom stereocenters. The molecule has 0 saturated carbocycles. The van der Waals surface area contributed by atoms with Crippen LogP contribution >= 0.6 is 0 Å². The second kappa shape index (κ2) is 4.00. The molecule has 0 aliphatic carbocycles. The average molecular weight is 203 g/mol. The van der Waals surface area contributed by atoms with Gasteiger partial charge in [0.05, 0.1) is 5.56 Å². The molecule has 4 heteroatoms. The van der Waals surface area contributed by atoms with Gasteiger partial charge in [0.25, 0.3) is 0 Å². The van der Waals surface area contributed by atoms with Crippen LogP contribution in [0.25, 0.3) is 0 Å². The predicted molar refractivity (Wildman–Crippen MR) is 48.7 cm³/mol. The Kier molecular flexibility index (Phi) is 3.16. The van der Waals surface area contributed by atoms with E-state index in [9.17, 15) is 13.2 Å². The smallest absolute Gasteiger partial charge is 0.326 e. The molecule has 1 aromatic rings. The van der Waals surface area contributed by atoms with Gasteiger partial charge in [-0.1, -0.05) is 19.1 Å². The molecule has 2 N–H and O–H groups in total. The minimum Gasteiger partial charge on any atom is -0.326 e.